The fraction of sp³-hybridized carbons (Fsp3) is 0.273. The van der Waals surface area contributed by atoms with Crippen molar-refractivity contribution in [3.63, 3.8) is 0 Å². The topological polar surface area (TPSA) is 51.6 Å². The lowest BCUT2D eigenvalue weighted by Crippen LogP contribution is -2.00. The summed E-state index contributed by atoms with van der Waals surface area (Å²) in [6.45, 7) is 3.88. The first-order chi connectivity index (χ1) is 7.31. The molecule has 0 unspecified atom stereocenters. The molecular weight excluding hydrogens is 188 g/mol. The van der Waals surface area contributed by atoms with Crippen molar-refractivity contribution in [3.05, 3.63) is 35.7 Å². The number of benzene rings is 1. The van der Waals surface area contributed by atoms with Crippen LogP contribution in [0.2, 0.25) is 0 Å². The Morgan fingerprint density at radius 2 is 1.67 bits per heavy atom. The molecule has 4 heteroatoms. The molecule has 0 atom stereocenters. The van der Waals surface area contributed by atoms with Gasteiger partial charge in [-0.3, -0.25) is 0 Å². The van der Waals surface area contributed by atoms with Gasteiger partial charge >= 0.3 is 0 Å². The molecule has 0 aliphatic carbocycles. The number of hydrogen-bond acceptors (Lipinski definition) is 4. The van der Waals surface area contributed by atoms with Crippen LogP contribution in [0.5, 0.6) is 0 Å². The van der Waals surface area contributed by atoms with Gasteiger partial charge in [0.05, 0.1) is 0 Å². The van der Waals surface area contributed by atoms with E-state index >= 15 is 0 Å². The molecule has 0 radical (unpaired) electrons. The largest absolute Gasteiger partial charge is 0.203 e. The standard InChI is InChI=1S/C11H12N4/c1-3-9-6-4-5-7-10(9)11-14-12-8(2)13-15-11/h4-7H,3H2,1-2H3. The normalized spacial score (nSPS) is 10.3. The molecule has 0 bridgehead atoms. The van der Waals surface area contributed by atoms with E-state index in [1.165, 1.54) is 5.56 Å². The van der Waals surface area contributed by atoms with Crippen LogP contribution < -0.4 is 0 Å². The molecule has 15 heavy (non-hydrogen) atoms. The van der Waals surface area contributed by atoms with Gasteiger partial charge in [0.15, 0.2) is 5.82 Å². The van der Waals surface area contributed by atoms with Crippen LogP contribution in [-0.2, 0) is 6.42 Å². The van der Waals surface area contributed by atoms with Gasteiger partial charge in [0.25, 0.3) is 0 Å². The van der Waals surface area contributed by atoms with Gasteiger partial charge in [0.1, 0.15) is 0 Å². The van der Waals surface area contributed by atoms with E-state index in [0.29, 0.717) is 11.6 Å². The van der Waals surface area contributed by atoms with E-state index in [0.717, 1.165) is 12.0 Å². The third-order valence-corrected chi connectivity index (χ3v) is 2.22. The third kappa shape index (κ3) is 1.98. The second-order valence-electron chi connectivity index (χ2n) is 3.28. The highest BCUT2D eigenvalue weighted by atomic mass is 15.3. The second-order valence-corrected chi connectivity index (χ2v) is 3.28. The van der Waals surface area contributed by atoms with Gasteiger partial charge in [0, 0.05) is 5.56 Å². The number of nitrogens with zero attached hydrogens (tertiary/aromatic N) is 4. The Hall–Kier alpha value is -1.84. The molecule has 1 aromatic heterocycles. The molecule has 0 amide bonds. The summed E-state index contributed by atoms with van der Waals surface area (Å²) in [7, 11) is 0. The molecule has 0 saturated heterocycles. The van der Waals surface area contributed by atoms with Crippen molar-refractivity contribution in [2.75, 3.05) is 0 Å². The van der Waals surface area contributed by atoms with Crippen molar-refractivity contribution >= 4 is 0 Å². The van der Waals surface area contributed by atoms with E-state index in [4.69, 9.17) is 0 Å². The minimum atomic E-state index is 0.590. The van der Waals surface area contributed by atoms with E-state index < -0.39 is 0 Å². The zero-order valence-electron chi connectivity index (χ0n) is 8.81. The van der Waals surface area contributed by atoms with Crippen molar-refractivity contribution in [1.29, 1.82) is 0 Å². The summed E-state index contributed by atoms with van der Waals surface area (Å²) in [5.41, 5.74) is 2.23. The first-order valence-electron chi connectivity index (χ1n) is 4.93. The zero-order valence-corrected chi connectivity index (χ0v) is 8.81. The van der Waals surface area contributed by atoms with E-state index in [2.05, 4.69) is 33.4 Å². The SMILES string of the molecule is CCc1ccccc1-c1nnc(C)nn1. The molecule has 0 fully saturated rings. The Morgan fingerprint density at radius 1 is 1.00 bits per heavy atom. The van der Waals surface area contributed by atoms with Crippen LogP contribution in [0.25, 0.3) is 11.4 Å². The minimum Gasteiger partial charge on any atom is -0.131 e. The molecule has 0 spiro atoms. The van der Waals surface area contributed by atoms with E-state index in [1.54, 1.807) is 6.92 Å². The number of aromatic nitrogens is 4. The molecule has 0 saturated carbocycles. The van der Waals surface area contributed by atoms with E-state index in [-0.39, 0.29) is 0 Å². The lowest BCUT2D eigenvalue weighted by atomic mass is 10.1. The van der Waals surface area contributed by atoms with Crippen LogP contribution in [0.4, 0.5) is 0 Å². The van der Waals surface area contributed by atoms with Crippen LogP contribution >= 0.6 is 0 Å². The summed E-state index contributed by atoms with van der Waals surface area (Å²) in [5.74, 6) is 1.19. The Morgan fingerprint density at radius 3 is 2.33 bits per heavy atom. The lowest BCUT2D eigenvalue weighted by molar-refractivity contribution is 0.814. The van der Waals surface area contributed by atoms with Crippen LogP contribution in [0.3, 0.4) is 0 Å². The summed E-state index contributed by atoms with van der Waals surface area (Å²) >= 11 is 0. The maximum Gasteiger partial charge on any atom is 0.203 e. The molecular formula is C11H12N4. The summed E-state index contributed by atoms with van der Waals surface area (Å²) in [5, 5.41) is 15.9. The van der Waals surface area contributed by atoms with Crippen molar-refractivity contribution in [1.82, 2.24) is 20.4 Å². The van der Waals surface area contributed by atoms with Crippen LogP contribution in [-0.4, -0.2) is 20.4 Å². The number of rotatable bonds is 2. The summed E-state index contributed by atoms with van der Waals surface area (Å²) in [6, 6.07) is 8.04. The monoisotopic (exact) mass is 200 g/mol. The Balaban J connectivity index is 2.49. The molecule has 0 N–H and O–H groups in total. The summed E-state index contributed by atoms with van der Waals surface area (Å²) in [6.07, 6.45) is 0.952. The quantitative estimate of drug-likeness (QED) is 0.741. The highest BCUT2D eigenvalue weighted by molar-refractivity contribution is 5.59. The van der Waals surface area contributed by atoms with Crippen molar-refractivity contribution in [3.8, 4) is 11.4 Å². The minimum absolute atomic E-state index is 0.590. The summed E-state index contributed by atoms with van der Waals surface area (Å²) < 4.78 is 0. The zero-order chi connectivity index (χ0) is 10.7. The highest BCUT2D eigenvalue weighted by Crippen LogP contribution is 2.18. The van der Waals surface area contributed by atoms with Crippen molar-refractivity contribution in [2.45, 2.75) is 20.3 Å². The first kappa shape index (κ1) is 9.71. The van der Waals surface area contributed by atoms with Crippen LogP contribution in [0.15, 0.2) is 24.3 Å². The fourth-order valence-corrected chi connectivity index (χ4v) is 1.43. The van der Waals surface area contributed by atoms with Gasteiger partial charge in [-0.25, -0.2) is 0 Å². The van der Waals surface area contributed by atoms with Gasteiger partial charge in [0.2, 0.25) is 5.82 Å². The van der Waals surface area contributed by atoms with Crippen LogP contribution in [0, 0.1) is 6.92 Å². The van der Waals surface area contributed by atoms with Crippen molar-refractivity contribution < 1.29 is 0 Å². The maximum absolute atomic E-state index is 4.03. The molecule has 0 aliphatic rings. The van der Waals surface area contributed by atoms with Gasteiger partial charge in [-0.2, -0.15) is 0 Å². The lowest BCUT2D eigenvalue weighted by Gasteiger charge is -2.04. The predicted molar refractivity (Wildman–Crippen MR) is 57.2 cm³/mol. The summed E-state index contributed by atoms with van der Waals surface area (Å²) in [4.78, 5) is 0. The highest BCUT2D eigenvalue weighted by Gasteiger charge is 2.06. The predicted octanol–water partition coefficient (Wildman–Crippen LogP) is 1.80. The van der Waals surface area contributed by atoms with Gasteiger partial charge < -0.3 is 0 Å². The third-order valence-electron chi connectivity index (χ3n) is 2.22. The Kier molecular flexibility index (Phi) is 2.67. The molecule has 1 aromatic carbocycles. The maximum atomic E-state index is 4.03. The Labute approximate surface area is 88.4 Å². The van der Waals surface area contributed by atoms with Crippen molar-refractivity contribution in [2.24, 2.45) is 0 Å². The number of hydrogen-bond donors (Lipinski definition) is 0. The van der Waals surface area contributed by atoms with Gasteiger partial charge in [-0.15, -0.1) is 20.4 Å². The average Bonchev–Trinajstić information content (AvgIpc) is 2.30. The van der Waals surface area contributed by atoms with Crippen LogP contribution in [0.1, 0.15) is 18.3 Å². The molecule has 4 nitrogen and oxygen atoms in total. The molecule has 1 heterocycles. The first-order valence-corrected chi connectivity index (χ1v) is 4.93. The smallest absolute Gasteiger partial charge is 0.131 e. The second kappa shape index (κ2) is 4.13. The molecule has 2 aromatic rings. The number of aryl methyl sites for hydroxylation is 2. The van der Waals surface area contributed by atoms with Gasteiger partial charge in [-0.05, 0) is 18.9 Å². The van der Waals surface area contributed by atoms with Gasteiger partial charge in [-0.1, -0.05) is 31.2 Å². The average molecular weight is 200 g/mol. The fourth-order valence-electron chi connectivity index (χ4n) is 1.43. The van der Waals surface area contributed by atoms with E-state index in [9.17, 15) is 0 Å². The molecule has 2 rings (SSSR count). The van der Waals surface area contributed by atoms with E-state index in [1.807, 2.05) is 18.2 Å². The molecule has 76 valence electrons. The molecule has 0 aliphatic heterocycles. The Bertz CT molecular complexity index is 450.